The molecule has 124 valence electrons. The normalized spacial score (nSPS) is 10.8. The number of benzene rings is 1. The van der Waals surface area contributed by atoms with Crippen LogP contribution < -0.4 is 10.5 Å². The predicted molar refractivity (Wildman–Crippen MR) is 87.5 cm³/mol. The molecule has 8 nitrogen and oxygen atoms in total. The summed E-state index contributed by atoms with van der Waals surface area (Å²) in [4.78, 5) is 24.0. The number of nitrogen functional groups attached to an aromatic ring is 1. The summed E-state index contributed by atoms with van der Waals surface area (Å²) in [6.07, 6.45) is 0. The number of carbonyl (C=O) groups is 1. The van der Waals surface area contributed by atoms with Gasteiger partial charge in [-0.2, -0.15) is 9.97 Å². The van der Waals surface area contributed by atoms with Crippen LogP contribution in [-0.2, 0) is 16.1 Å². The molecule has 24 heavy (non-hydrogen) atoms. The van der Waals surface area contributed by atoms with Crippen LogP contribution in [-0.4, -0.2) is 39.2 Å². The van der Waals surface area contributed by atoms with E-state index < -0.39 is 5.97 Å². The fourth-order valence-corrected chi connectivity index (χ4v) is 2.31. The third-order valence-corrected chi connectivity index (χ3v) is 3.52. The molecule has 2 heterocycles. The third kappa shape index (κ3) is 3.12. The molecule has 2 aromatic heterocycles. The lowest BCUT2D eigenvalue weighted by atomic mass is 10.2. The molecule has 0 atom stereocenters. The number of imidazole rings is 1. The van der Waals surface area contributed by atoms with Crippen molar-refractivity contribution in [3.8, 4) is 6.01 Å². The average molecular weight is 327 g/mol. The van der Waals surface area contributed by atoms with E-state index >= 15 is 0 Å². The maximum Gasteiger partial charge on any atom is 0.344 e. The molecule has 0 aliphatic carbocycles. The van der Waals surface area contributed by atoms with Gasteiger partial charge in [0.25, 0.3) is 0 Å². The van der Waals surface area contributed by atoms with Gasteiger partial charge >= 0.3 is 12.0 Å². The topological polar surface area (TPSA) is 105 Å². The molecule has 3 rings (SSSR count). The largest absolute Gasteiger partial charge is 0.466 e. The summed E-state index contributed by atoms with van der Waals surface area (Å²) < 4.78 is 11.7. The van der Waals surface area contributed by atoms with E-state index in [1.54, 1.807) is 0 Å². The smallest absolute Gasteiger partial charge is 0.344 e. The molecule has 0 saturated heterocycles. The Kier molecular flexibility index (Phi) is 4.28. The van der Waals surface area contributed by atoms with E-state index in [0.717, 1.165) is 11.4 Å². The molecule has 0 radical (unpaired) electrons. The van der Waals surface area contributed by atoms with E-state index in [1.807, 2.05) is 41.8 Å². The van der Waals surface area contributed by atoms with Crippen molar-refractivity contribution in [2.75, 3.05) is 19.5 Å². The number of ether oxygens (including phenoxy) is 2. The van der Waals surface area contributed by atoms with E-state index in [2.05, 4.69) is 19.7 Å². The quantitative estimate of drug-likeness (QED) is 0.704. The number of aromatic nitrogens is 4. The van der Waals surface area contributed by atoms with Crippen LogP contribution in [0, 0.1) is 6.92 Å². The first kappa shape index (κ1) is 15.7. The summed E-state index contributed by atoms with van der Waals surface area (Å²) in [5.74, 6) is 0.445. The summed E-state index contributed by atoms with van der Waals surface area (Å²) >= 11 is 0. The van der Waals surface area contributed by atoms with Crippen molar-refractivity contribution in [3.63, 3.8) is 0 Å². The van der Waals surface area contributed by atoms with Crippen molar-refractivity contribution in [2.24, 2.45) is 0 Å². The molecule has 2 N–H and O–H groups in total. The van der Waals surface area contributed by atoms with Crippen molar-refractivity contribution in [3.05, 3.63) is 41.7 Å². The molecule has 0 aliphatic rings. The number of esters is 1. The SMILES string of the molecule is COC(=O)COc1nc(N)c2nc(C)n(Cc3ccccc3)c2n1. The van der Waals surface area contributed by atoms with Gasteiger partial charge in [0.2, 0.25) is 0 Å². The molecule has 3 aromatic rings. The first-order chi connectivity index (χ1) is 11.6. The Bertz CT molecular complexity index is 876. The van der Waals surface area contributed by atoms with Crippen LogP contribution in [0.25, 0.3) is 11.2 Å². The maximum absolute atomic E-state index is 11.2. The molecule has 0 spiro atoms. The molecule has 0 fully saturated rings. The molecule has 1 aromatic carbocycles. The number of nitrogens with zero attached hydrogens (tertiary/aromatic N) is 4. The minimum atomic E-state index is -0.522. The minimum absolute atomic E-state index is 0.0135. The van der Waals surface area contributed by atoms with E-state index in [-0.39, 0.29) is 18.4 Å². The van der Waals surface area contributed by atoms with Crippen LogP contribution in [0.5, 0.6) is 6.01 Å². The Hall–Kier alpha value is -3.16. The standard InChI is InChI=1S/C16H17N5O3/c1-10-18-13-14(17)19-16(24-9-12(22)23-2)20-15(13)21(10)8-11-6-4-3-5-7-11/h3-7H,8-9H2,1-2H3,(H2,17,19,20). The lowest BCUT2D eigenvalue weighted by molar-refractivity contribution is -0.143. The minimum Gasteiger partial charge on any atom is -0.466 e. The van der Waals surface area contributed by atoms with E-state index in [1.165, 1.54) is 7.11 Å². The summed E-state index contributed by atoms with van der Waals surface area (Å²) in [6.45, 7) is 2.18. The van der Waals surface area contributed by atoms with Crippen molar-refractivity contribution in [1.29, 1.82) is 0 Å². The molecule has 0 amide bonds. The zero-order valence-electron chi connectivity index (χ0n) is 13.4. The Morgan fingerprint density at radius 3 is 2.67 bits per heavy atom. The molecule has 0 bridgehead atoms. The van der Waals surface area contributed by atoms with Gasteiger partial charge in [0.1, 0.15) is 5.82 Å². The Labute approximate surface area is 138 Å². The molecular formula is C16H17N5O3. The van der Waals surface area contributed by atoms with Crippen molar-refractivity contribution in [2.45, 2.75) is 13.5 Å². The maximum atomic E-state index is 11.2. The summed E-state index contributed by atoms with van der Waals surface area (Å²) in [5, 5.41) is 0. The number of fused-ring (bicyclic) bond motifs is 1. The number of aryl methyl sites for hydroxylation is 1. The lowest BCUT2D eigenvalue weighted by Crippen LogP contribution is -2.14. The highest BCUT2D eigenvalue weighted by Crippen LogP contribution is 2.22. The third-order valence-electron chi connectivity index (χ3n) is 3.52. The van der Waals surface area contributed by atoms with Gasteiger partial charge < -0.3 is 19.8 Å². The van der Waals surface area contributed by atoms with Crippen molar-refractivity contribution < 1.29 is 14.3 Å². The Morgan fingerprint density at radius 2 is 1.96 bits per heavy atom. The number of methoxy groups -OCH3 is 1. The highest BCUT2D eigenvalue weighted by Gasteiger charge is 2.16. The van der Waals surface area contributed by atoms with Crippen LogP contribution in [0.2, 0.25) is 0 Å². The van der Waals surface area contributed by atoms with Crippen molar-refractivity contribution >= 4 is 23.0 Å². The number of anilines is 1. The number of carbonyl (C=O) groups excluding carboxylic acids is 1. The second-order valence-electron chi connectivity index (χ2n) is 5.16. The van der Waals surface area contributed by atoms with Gasteiger partial charge in [-0.05, 0) is 12.5 Å². The summed E-state index contributed by atoms with van der Waals surface area (Å²) in [7, 11) is 1.28. The van der Waals surface area contributed by atoms with Crippen LogP contribution in [0.4, 0.5) is 5.82 Å². The molecule has 0 unspecified atom stereocenters. The molecule has 0 aliphatic heterocycles. The number of rotatable bonds is 5. The predicted octanol–water partition coefficient (Wildman–Crippen LogP) is 1.32. The summed E-state index contributed by atoms with van der Waals surface area (Å²) in [5.41, 5.74) is 8.12. The highest BCUT2D eigenvalue weighted by molar-refractivity contribution is 5.82. The van der Waals surface area contributed by atoms with E-state index in [9.17, 15) is 4.79 Å². The van der Waals surface area contributed by atoms with Crippen molar-refractivity contribution in [1.82, 2.24) is 19.5 Å². The van der Waals surface area contributed by atoms with Crippen LogP contribution in [0.1, 0.15) is 11.4 Å². The van der Waals surface area contributed by atoms with Gasteiger partial charge in [-0.3, -0.25) is 0 Å². The van der Waals surface area contributed by atoms with Gasteiger partial charge in [0.05, 0.1) is 13.7 Å². The van der Waals surface area contributed by atoms with Crippen LogP contribution in [0.15, 0.2) is 30.3 Å². The highest BCUT2D eigenvalue weighted by atomic mass is 16.6. The molecular weight excluding hydrogens is 310 g/mol. The number of hydrogen-bond donors (Lipinski definition) is 1. The molecule has 8 heteroatoms. The second-order valence-corrected chi connectivity index (χ2v) is 5.16. The zero-order chi connectivity index (χ0) is 17.1. The number of nitrogens with two attached hydrogens (primary N) is 1. The van der Waals surface area contributed by atoms with Gasteiger partial charge in [-0.25, -0.2) is 9.78 Å². The van der Waals surface area contributed by atoms with Crippen LogP contribution >= 0.6 is 0 Å². The van der Waals surface area contributed by atoms with Gasteiger partial charge in [0, 0.05) is 0 Å². The monoisotopic (exact) mass is 327 g/mol. The van der Waals surface area contributed by atoms with Gasteiger partial charge in [-0.1, -0.05) is 30.3 Å². The summed E-state index contributed by atoms with van der Waals surface area (Å²) in [6, 6.07) is 9.95. The second kappa shape index (κ2) is 6.53. The Morgan fingerprint density at radius 1 is 1.21 bits per heavy atom. The van der Waals surface area contributed by atoms with Crippen LogP contribution in [0.3, 0.4) is 0 Å². The van der Waals surface area contributed by atoms with E-state index in [4.69, 9.17) is 10.5 Å². The fourth-order valence-electron chi connectivity index (χ4n) is 2.31. The average Bonchev–Trinajstić information content (AvgIpc) is 2.90. The van der Waals surface area contributed by atoms with Gasteiger partial charge in [-0.15, -0.1) is 0 Å². The van der Waals surface area contributed by atoms with Gasteiger partial charge in [0.15, 0.2) is 23.6 Å². The Balaban J connectivity index is 1.98. The first-order valence-electron chi connectivity index (χ1n) is 7.32. The number of hydrogen-bond acceptors (Lipinski definition) is 7. The zero-order valence-corrected chi connectivity index (χ0v) is 13.4. The lowest BCUT2D eigenvalue weighted by Gasteiger charge is -2.08. The molecule has 0 saturated carbocycles. The first-order valence-corrected chi connectivity index (χ1v) is 7.32. The van der Waals surface area contributed by atoms with E-state index in [0.29, 0.717) is 17.7 Å². The fraction of sp³-hybridized carbons (Fsp3) is 0.250.